The number of nitrogens with two attached hydrogens (primary N) is 1. The predicted molar refractivity (Wildman–Crippen MR) is 59.8 cm³/mol. The molecule has 0 aliphatic heterocycles. The van der Waals surface area contributed by atoms with E-state index < -0.39 is 0 Å². The lowest BCUT2D eigenvalue weighted by molar-refractivity contribution is 0.602. The molecule has 5 heteroatoms. The minimum Gasteiger partial charge on any atom is -0.381 e. The molecule has 0 fully saturated rings. The van der Waals surface area contributed by atoms with Crippen LogP contribution in [0, 0.1) is 12.7 Å². The molecule has 0 spiro atoms. The fourth-order valence-electron chi connectivity index (χ4n) is 1.62. The second-order valence-electron chi connectivity index (χ2n) is 3.64. The van der Waals surface area contributed by atoms with Gasteiger partial charge in [0.1, 0.15) is 11.5 Å². The van der Waals surface area contributed by atoms with E-state index in [0.29, 0.717) is 17.9 Å². The molecule has 0 radical (unpaired) electrons. The van der Waals surface area contributed by atoms with E-state index in [9.17, 15) is 4.39 Å². The minimum atomic E-state index is -0.329. The molecule has 0 saturated heterocycles. The Morgan fingerprint density at radius 2 is 2.19 bits per heavy atom. The summed E-state index contributed by atoms with van der Waals surface area (Å²) in [5.41, 5.74) is 7.74. The maximum Gasteiger partial charge on any atom is 0.169 e. The molecule has 2 aromatic rings. The Kier molecular flexibility index (Phi) is 2.60. The van der Waals surface area contributed by atoms with E-state index in [1.54, 1.807) is 12.1 Å². The Labute approximate surface area is 92.9 Å². The molecule has 0 atom stereocenters. The molecule has 0 aliphatic rings. The van der Waals surface area contributed by atoms with Gasteiger partial charge >= 0.3 is 0 Å². The van der Waals surface area contributed by atoms with Crippen LogP contribution in [0.3, 0.4) is 0 Å². The van der Waals surface area contributed by atoms with Crippen molar-refractivity contribution in [2.24, 2.45) is 0 Å². The molecule has 0 unspecified atom stereocenters. The lowest BCUT2D eigenvalue weighted by Crippen LogP contribution is -2.05. The van der Waals surface area contributed by atoms with Gasteiger partial charge in [0.25, 0.3) is 0 Å². The summed E-state index contributed by atoms with van der Waals surface area (Å²) in [5, 5.41) is 7.62. The van der Waals surface area contributed by atoms with Crippen molar-refractivity contribution in [3.8, 4) is 5.69 Å². The average Bonchev–Trinajstić information content (AvgIpc) is 2.63. The first-order valence-electron chi connectivity index (χ1n) is 5.10. The zero-order valence-electron chi connectivity index (χ0n) is 9.24. The van der Waals surface area contributed by atoms with Crippen molar-refractivity contribution in [1.82, 2.24) is 15.0 Å². The number of aryl methyl sites for hydroxylation is 1. The van der Waals surface area contributed by atoms with Crippen LogP contribution >= 0.6 is 0 Å². The molecule has 0 bridgehead atoms. The SMILES string of the molecule is CCc1c(N)nnn1-c1cc(C)ccc1F. The first-order valence-corrected chi connectivity index (χ1v) is 5.10. The van der Waals surface area contributed by atoms with Crippen molar-refractivity contribution in [3.63, 3.8) is 0 Å². The molecule has 0 saturated carbocycles. The average molecular weight is 220 g/mol. The Morgan fingerprint density at radius 3 is 2.88 bits per heavy atom. The highest BCUT2D eigenvalue weighted by Crippen LogP contribution is 2.19. The van der Waals surface area contributed by atoms with Crippen LogP contribution in [0.4, 0.5) is 10.2 Å². The van der Waals surface area contributed by atoms with Gasteiger partial charge in [-0.3, -0.25) is 0 Å². The van der Waals surface area contributed by atoms with Gasteiger partial charge < -0.3 is 5.73 Å². The number of halogens is 1. The fourth-order valence-corrected chi connectivity index (χ4v) is 1.62. The van der Waals surface area contributed by atoms with Gasteiger partial charge in [0, 0.05) is 0 Å². The van der Waals surface area contributed by atoms with Crippen LogP contribution in [-0.2, 0) is 6.42 Å². The van der Waals surface area contributed by atoms with E-state index in [0.717, 1.165) is 11.3 Å². The van der Waals surface area contributed by atoms with Gasteiger partial charge in [-0.25, -0.2) is 9.07 Å². The zero-order chi connectivity index (χ0) is 11.7. The van der Waals surface area contributed by atoms with E-state index in [4.69, 9.17) is 5.73 Å². The summed E-state index contributed by atoms with van der Waals surface area (Å²) in [4.78, 5) is 0. The Hall–Kier alpha value is -1.91. The van der Waals surface area contributed by atoms with Crippen LogP contribution < -0.4 is 5.73 Å². The highest BCUT2D eigenvalue weighted by Gasteiger charge is 2.13. The van der Waals surface area contributed by atoms with Gasteiger partial charge in [0.2, 0.25) is 0 Å². The number of hydrogen-bond donors (Lipinski definition) is 1. The summed E-state index contributed by atoms with van der Waals surface area (Å²) in [6.07, 6.45) is 0.659. The number of hydrogen-bond acceptors (Lipinski definition) is 3. The Balaban J connectivity index is 2.62. The molecule has 4 nitrogen and oxygen atoms in total. The van der Waals surface area contributed by atoms with Gasteiger partial charge in [-0.15, -0.1) is 5.10 Å². The molecule has 1 aromatic heterocycles. The molecule has 16 heavy (non-hydrogen) atoms. The zero-order valence-corrected chi connectivity index (χ0v) is 9.24. The molecule has 1 aromatic carbocycles. The van der Waals surface area contributed by atoms with Crippen molar-refractivity contribution in [2.45, 2.75) is 20.3 Å². The fraction of sp³-hybridized carbons (Fsp3) is 0.273. The number of aromatic nitrogens is 3. The predicted octanol–water partition coefficient (Wildman–Crippen LogP) is 1.86. The van der Waals surface area contributed by atoms with Crippen molar-refractivity contribution < 1.29 is 4.39 Å². The Morgan fingerprint density at radius 1 is 1.44 bits per heavy atom. The molecular weight excluding hydrogens is 207 g/mol. The van der Waals surface area contributed by atoms with Gasteiger partial charge in [-0.1, -0.05) is 18.2 Å². The number of nitrogen functional groups attached to an aromatic ring is 1. The molecule has 2 rings (SSSR count). The molecule has 84 valence electrons. The van der Waals surface area contributed by atoms with Crippen LogP contribution in [-0.4, -0.2) is 15.0 Å². The minimum absolute atomic E-state index is 0.329. The standard InChI is InChI=1S/C11H13FN4/c1-3-9-11(13)14-15-16(9)10-6-7(2)4-5-8(10)12/h4-6H,3,13H2,1-2H3. The largest absolute Gasteiger partial charge is 0.381 e. The quantitative estimate of drug-likeness (QED) is 0.840. The van der Waals surface area contributed by atoms with Crippen LogP contribution in [0.2, 0.25) is 0 Å². The summed E-state index contributed by atoms with van der Waals surface area (Å²) in [7, 11) is 0. The molecule has 0 aliphatic carbocycles. The molecular formula is C11H13FN4. The topological polar surface area (TPSA) is 56.7 Å². The summed E-state index contributed by atoms with van der Waals surface area (Å²) >= 11 is 0. The molecule has 2 N–H and O–H groups in total. The lowest BCUT2D eigenvalue weighted by atomic mass is 10.2. The van der Waals surface area contributed by atoms with Crippen LogP contribution in [0.15, 0.2) is 18.2 Å². The smallest absolute Gasteiger partial charge is 0.169 e. The van der Waals surface area contributed by atoms with Crippen molar-refractivity contribution in [3.05, 3.63) is 35.3 Å². The van der Waals surface area contributed by atoms with Gasteiger partial charge in [0.15, 0.2) is 5.82 Å². The van der Waals surface area contributed by atoms with Crippen LogP contribution in [0.5, 0.6) is 0 Å². The first-order chi connectivity index (χ1) is 7.63. The summed E-state index contributed by atoms with van der Waals surface area (Å²) in [6, 6.07) is 4.86. The van der Waals surface area contributed by atoms with E-state index in [2.05, 4.69) is 10.3 Å². The second-order valence-corrected chi connectivity index (χ2v) is 3.64. The normalized spacial score (nSPS) is 10.7. The number of nitrogens with zero attached hydrogens (tertiary/aromatic N) is 3. The van der Waals surface area contributed by atoms with Crippen LogP contribution in [0.25, 0.3) is 5.69 Å². The summed E-state index contributed by atoms with van der Waals surface area (Å²) in [6.45, 7) is 3.83. The van der Waals surface area contributed by atoms with Gasteiger partial charge in [-0.05, 0) is 31.0 Å². The third kappa shape index (κ3) is 1.64. The van der Waals surface area contributed by atoms with E-state index in [1.807, 2.05) is 13.8 Å². The lowest BCUT2D eigenvalue weighted by Gasteiger charge is -2.06. The van der Waals surface area contributed by atoms with Gasteiger partial charge in [-0.2, -0.15) is 0 Å². The summed E-state index contributed by atoms with van der Waals surface area (Å²) in [5.74, 6) is 0.0219. The number of benzene rings is 1. The van der Waals surface area contributed by atoms with Crippen LogP contribution in [0.1, 0.15) is 18.2 Å². The van der Waals surface area contributed by atoms with Crippen molar-refractivity contribution >= 4 is 5.82 Å². The maximum atomic E-state index is 13.7. The molecule has 1 heterocycles. The number of rotatable bonds is 2. The summed E-state index contributed by atoms with van der Waals surface area (Å²) < 4.78 is 15.1. The van der Waals surface area contributed by atoms with E-state index >= 15 is 0 Å². The third-order valence-electron chi connectivity index (χ3n) is 2.46. The second kappa shape index (κ2) is 3.92. The van der Waals surface area contributed by atoms with E-state index in [-0.39, 0.29) is 5.82 Å². The monoisotopic (exact) mass is 220 g/mol. The van der Waals surface area contributed by atoms with Crippen molar-refractivity contribution in [1.29, 1.82) is 0 Å². The molecule has 0 amide bonds. The Bertz CT molecular complexity index is 519. The highest BCUT2D eigenvalue weighted by atomic mass is 19.1. The third-order valence-corrected chi connectivity index (χ3v) is 2.46. The highest BCUT2D eigenvalue weighted by molar-refractivity contribution is 5.43. The first kappa shape index (κ1) is 10.6. The van der Waals surface area contributed by atoms with Crippen molar-refractivity contribution in [2.75, 3.05) is 5.73 Å². The number of anilines is 1. The van der Waals surface area contributed by atoms with E-state index in [1.165, 1.54) is 10.7 Å². The van der Waals surface area contributed by atoms with Gasteiger partial charge in [0.05, 0.1) is 5.69 Å². The maximum absolute atomic E-state index is 13.7.